The van der Waals surface area contributed by atoms with Crippen molar-refractivity contribution in [3.8, 4) is 0 Å². The first-order valence-corrected chi connectivity index (χ1v) is 9.51. The third-order valence-electron chi connectivity index (χ3n) is 5.37. The zero-order valence-electron chi connectivity index (χ0n) is 16.8. The summed E-state index contributed by atoms with van der Waals surface area (Å²) >= 11 is 0. The molecule has 3 rings (SSSR count). The summed E-state index contributed by atoms with van der Waals surface area (Å²) in [6.07, 6.45) is 1.88. The highest BCUT2D eigenvalue weighted by Gasteiger charge is 2.41. The van der Waals surface area contributed by atoms with Gasteiger partial charge >= 0.3 is 0 Å². The average Bonchev–Trinajstić information content (AvgIpc) is 2.63. The maximum Gasteiger partial charge on any atom is 0.242 e. The standard InChI is InChI=1S/C23H28N2O2/c1-15-13-16(2)20(17(3)14-15)24-21(26)23(4,5)22(27)25-12-8-10-18-9-6-7-11-19(18)25/h6-7,9,11,13-14H,8,10,12H2,1-5H3,(H,24,26). The zero-order chi connectivity index (χ0) is 19.8. The van der Waals surface area contributed by atoms with E-state index in [1.165, 1.54) is 5.56 Å². The van der Waals surface area contributed by atoms with Crippen LogP contribution in [0.4, 0.5) is 11.4 Å². The first kappa shape index (κ1) is 19.2. The lowest BCUT2D eigenvalue weighted by Gasteiger charge is -2.35. The minimum atomic E-state index is -1.16. The second-order valence-corrected chi connectivity index (χ2v) is 8.04. The van der Waals surface area contributed by atoms with Crippen LogP contribution in [0.1, 0.15) is 42.5 Å². The molecule has 1 N–H and O–H groups in total. The SMILES string of the molecule is Cc1cc(C)c(NC(=O)C(C)(C)C(=O)N2CCCc3ccccc32)c(C)c1. The molecule has 2 aromatic rings. The maximum absolute atomic E-state index is 13.3. The Labute approximate surface area is 161 Å². The number of nitrogens with one attached hydrogen (secondary N) is 1. The molecule has 4 nitrogen and oxygen atoms in total. The van der Waals surface area contributed by atoms with Gasteiger partial charge in [0.1, 0.15) is 5.41 Å². The number of carbonyl (C=O) groups excluding carboxylic acids is 2. The summed E-state index contributed by atoms with van der Waals surface area (Å²) in [7, 11) is 0. The van der Waals surface area contributed by atoms with E-state index in [1.54, 1.807) is 18.7 Å². The van der Waals surface area contributed by atoms with Crippen LogP contribution in [0.2, 0.25) is 0 Å². The van der Waals surface area contributed by atoms with E-state index in [0.29, 0.717) is 6.54 Å². The molecule has 4 heteroatoms. The lowest BCUT2D eigenvalue weighted by molar-refractivity contribution is -0.136. The molecule has 0 spiro atoms. The average molecular weight is 364 g/mol. The number of benzene rings is 2. The molecule has 1 aliphatic rings. The van der Waals surface area contributed by atoms with Gasteiger partial charge in [-0.1, -0.05) is 35.9 Å². The van der Waals surface area contributed by atoms with Gasteiger partial charge in [-0.25, -0.2) is 0 Å². The van der Waals surface area contributed by atoms with Gasteiger partial charge < -0.3 is 10.2 Å². The molecular formula is C23H28N2O2. The van der Waals surface area contributed by atoms with Crippen molar-refractivity contribution in [1.82, 2.24) is 0 Å². The Morgan fingerprint density at radius 2 is 1.67 bits per heavy atom. The minimum Gasteiger partial charge on any atom is -0.325 e. The van der Waals surface area contributed by atoms with Gasteiger partial charge in [0, 0.05) is 17.9 Å². The fourth-order valence-electron chi connectivity index (χ4n) is 3.83. The zero-order valence-corrected chi connectivity index (χ0v) is 16.8. The molecule has 0 saturated heterocycles. The highest BCUT2D eigenvalue weighted by molar-refractivity contribution is 6.15. The monoisotopic (exact) mass is 364 g/mol. The van der Waals surface area contributed by atoms with E-state index < -0.39 is 5.41 Å². The van der Waals surface area contributed by atoms with Gasteiger partial charge in [0.2, 0.25) is 11.8 Å². The van der Waals surface area contributed by atoms with E-state index in [-0.39, 0.29) is 11.8 Å². The van der Waals surface area contributed by atoms with Crippen LogP contribution in [0.15, 0.2) is 36.4 Å². The Bertz CT molecular complexity index is 876. The molecule has 27 heavy (non-hydrogen) atoms. The largest absolute Gasteiger partial charge is 0.325 e. The normalized spacial score (nSPS) is 13.9. The van der Waals surface area contributed by atoms with Crippen molar-refractivity contribution in [2.75, 3.05) is 16.8 Å². The summed E-state index contributed by atoms with van der Waals surface area (Å²) < 4.78 is 0. The van der Waals surface area contributed by atoms with Gasteiger partial charge in [0.15, 0.2) is 0 Å². The summed E-state index contributed by atoms with van der Waals surface area (Å²) in [4.78, 5) is 28.1. The Hall–Kier alpha value is -2.62. The van der Waals surface area contributed by atoms with Crippen LogP contribution in [0.25, 0.3) is 0 Å². The maximum atomic E-state index is 13.3. The molecule has 2 aromatic carbocycles. The van der Waals surface area contributed by atoms with Crippen LogP contribution in [-0.4, -0.2) is 18.4 Å². The van der Waals surface area contributed by atoms with Crippen LogP contribution in [0, 0.1) is 26.2 Å². The minimum absolute atomic E-state index is 0.158. The fourth-order valence-corrected chi connectivity index (χ4v) is 3.83. The van der Waals surface area contributed by atoms with Crippen molar-refractivity contribution in [2.45, 2.75) is 47.5 Å². The number of para-hydroxylation sites is 1. The molecule has 142 valence electrons. The lowest BCUT2D eigenvalue weighted by atomic mass is 9.88. The number of hydrogen-bond acceptors (Lipinski definition) is 2. The van der Waals surface area contributed by atoms with Gasteiger partial charge in [0.25, 0.3) is 0 Å². The Morgan fingerprint density at radius 3 is 2.33 bits per heavy atom. The smallest absolute Gasteiger partial charge is 0.242 e. The van der Waals surface area contributed by atoms with Crippen LogP contribution < -0.4 is 10.2 Å². The lowest BCUT2D eigenvalue weighted by Crippen LogP contribution is -2.49. The quantitative estimate of drug-likeness (QED) is 0.812. The molecule has 1 aliphatic heterocycles. The second kappa shape index (κ2) is 7.18. The molecule has 0 saturated carbocycles. The Balaban J connectivity index is 1.86. The van der Waals surface area contributed by atoms with Gasteiger partial charge in [0.05, 0.1) is 0 Å². The van der Waals surface area contributed by atoms with Crippen molar-refractivity contribution >= 4 is 23.2 Å². The summed E-state index contributed by atoms with van der Waals surface area (Å²) in [5.41, 5.74) is 4.90. The van der Waals surface area contributed by atoms with E-state index in [2.05, 4.69) is 11.4 Å². The number of amides is 2. The summed E-state index contributed by atoms with van der Waals surface area (Å²) in [6, 6.07) is 12.0. The molecule has 0 aromatic heterocycles. The predicted octanol–water partition coefficient (Wildman–Crippen LogP) is 4.56. The van der Waals surface area contributed by atoms with Crippen LogP contribution in [0.5, 0.6) is 0 Å². The Morgan fingerprint density at radius 1 is 1.04 bits per heavy atom. The summed E-state index contributed by atoms with van der Waals surface area (Å²) in [5, 5.41) is 3.00. The fraction of sp³-hybridized carbons (Fsp3) is 0.391. The van der Waals surface area contributed by atoms with Crippen molar-refractivity contribution in [3.05, 3.63) is 58.7 Å². The topological polar surface area (TPSA) is 49.4 Å². The van der Waals surface area contributed by atoms with Gasteiger partial charge in [-0.05, 0) is 70.2 Å². The van der Waals surface area contributed by atoms with E-state index >= 15 is 0 Å². The van der Waals surface area contributed by atoms with Crippen LogP contribution in [0.3, 0.4) is 0 Å². The van der Waals surface area contributed by atoms with E-state index in [0.717, 1.165) is 40.9 Å². The first-order chi connectivity index (χ1) is 12.7. The van der Waals surface area contributed by atoms with Crippen LogP contribution >= 0.6 is 0 Å². The third kappa shape index (κ3) is 3.61. The molecule has 0 radical (unpaired) electrons. The van der Waals surface area contributed by atoms with Crippen molar-refractivity contribution in [3.63, 3.8) is 0 Å². The van der Waals surface area contributed by atoms with E-state index in [4.69, 9.17) is 0 Å². The van der Waals surface area contributed by atoms with Crippen molar-refractivity contribution in [2.24, 2.45) is 5.41 Å². The van der Waals surface area contributed by atoms with Gasteiger partial charge in [-0.15, -0.1) is 0 Å². The van der Waals surface area contributed by atoms with Gasteiger partial charge in [-0.3, -0.25) is 9.59 Å². The number of nitrogens with zero attached hydrogens (tertiary/aromatic N) is 1. The molecule has 0 bridgehead atoms. The molecular weight excluding hydrogens is 336 g/mol. The van der Waals surface area contributed by atoms with Crippen molar-refractivity contribution in [1.29, 1.82) is 0 Å². The Kier molecular flexibility index (Phi) is 5.09. The number of hydrogen-bond donors (Lipinski definition) is 1. The molecule has 0 unspecified atom stereocenters. The number of aryl methyl sites for hydroxylation is 4. The predicted molar refractivity (Wildman–Crippen MR) is 110 cm³/mol. The number of rotatable bonds is 3. The number of carbonyl (C=O) groups is 2. The molecule has 0 fully saturated rings. The summed E-state index contributed by atoms with van der Waals surface area (Å²) in [5.74, 6) is -0.430. The van der Waals surface area contributed by atoms with Crippen LogP contribution in [-0.2, 0) is 16.0 Å². The van der Waals surface area contributed by atoms with E-state index in [9.17, 15) is 9.59 Å². The second-order valence-electron chi connectivity index (χ2n) is 8.04. The number of fused-ring (bicyclic) bond motifs is 1. The first-order valence-electron chi connectivity index (χ1n) is 9.51. The highest BCUT2D eigenvalue weighted by atomic mass is 16.2. The summed E-state index contributed by atoms with van der Waals surface area (Å²) in [6.45, 7) is 10.1. The van der Waals surface area contributed by atoms with Gasteiger partial charge in [-0.2, -0.15) is 0 Å². The molecule has 0 atom stereocenters. The molecule has 2 amide bonds. The number of anilines is 2. The van der Waals surface area contributed by atoms with E-state index in [1.807, 2.05) is 51.1 Å². The third-order valence-corrected chi connectivity index (χ3v) is 5.37. The molecule has 0 aliphatic carbocycles. The molecule has 1 heterocycles. The highest BCUT2D eigenvalue weighted by Crippen LogP contribution is 2.32. The van der Waals surface area contributed by atoms with Crippen molar-refractivity contribution < 1.29 is 9.59 Å².